The van der Waals surface area contributed by atoms with Crippen molar-refractivity contribution in [3.05, 3.63) is 68.4 Å². The van der Waals surface area contributed by atoms with Gasteiger partial charge in [-0.3, -0.25) is 0 Å². The van der Waals surface area contributed by atoms with E-state index >= 15 is 0 Å². The first kappa shape index (κ1) is 21.6. The third kappa shape index (κ3) is 4.57. The van der Waals surface area contributed by atoms with Crippen molar-refractivity contribution >= 4 is 34.9 Å². The molecular formula is C22H22Cl2FNO3. The fourth-order valence-electron chi connectivity index (χ4n) is 3.12. The van der Waals surface area contributed by atoms with Gasteiger partial charge in [-0.05, 0) is 70.0 Å². The molecular weight excluding hydrogens is 416 g/mol. The molecule has 0 spiro atoms. The Morgan fingerprint density at radius 3 is 2.38 bits per heavy atom. The van der Waals surface area contributed by atoms with Crippen LogP contribution in [0.15, 0.2) is 35.5 Å². The molecule has 0 N–H and O–H groups in total. The number of carbonyl (C=O) groups is 1. The Labute approximate surface area is 179 Å². The number of carbonyl (C=O) groups excluding carboxylic acids is 1. The van der Waals surface area contributed by atoms with Gasteiger partial charge in [0.2, 0.25) is 0 Å². The van der Waals surface area contributed by atoms with Crippen molar-refractivity contribution in [1.82, 2.24) is 0 Å². The molecule has 1 aliphatic heterocycles. The van der Waals surface area contributed by atoms with Gasteiger partial charge in [0.05, 0.1) is 21.3 Å². The van der Waals surface area contributed by atoms with Crippen molar-refractivity contribution in [2.45, 2.75) is 52.2 Å². The Balaban J connectivity index is 1.83. The molecule has 0 fully saturated rings. The second-order valence-electron chi connectivity index (χ2n) is 8.32. The first-order valence-electron chi connectivity index (χ1n) is 9.14. The zero-order valence-corrected chi connectivity index (χ0v) is 18.4. The maximum Gasteiger partial charge on any atom is 0.338 e. The van der Waals surface area contributed by atoms with Crippen molar-refractivity contribution in [3.8, 4) is 0 Å². The van der Waals surface area contributed by atoms with Gasteiger partial charge in [0.25, 0.3) is 0 Å². The maximum absolute atomic E-state index is 13.7. The Kier molecular flexibility index (Phi) is 5.67. The van der Waals surface area contributed by atoms with Gasteiger partial charge in [-0.2, -0.15) is 0 Å². The normalized spacial score (nSPS) is 19.0. The Hall–Kier alpha value is -2.11. The monoisotopic (exact) mass is 437 g/mol. The minimum atomic E-state index is -0.825. The summed E-state index contributed by atoms with van der Waals surface area (Å²) in [4.78, 5) is 18.0. The van der Waals surface area contributed by atoms with Crippen LogP contribution in [-0.4, -0.2) is 17.3 Å². The van der Waals surface area contributed by atoms with Gasteiger partial charge >= 0.3 is 5.97 Å². The van der Waals surface area contributed by atoms with Crippen LogP contribution >= 0.6 is 23.2 Å². The van der Waals surface area contributed by atoms with E-state index in [9.17, 15) is 9.18 Å². The number of nitrogens with zero attached hydrogens (tertiary/aromatic N) is 1. The number of oxime groups is 1. The molecule has 0 radical (unpaired) electrons. The van der Waals surface area contributed by atoms with Gasteiger partial charge in [0.15, 0.2) is 11.4 Å². The van der Waals surface area contributed by atoms with E-state index in [0.717, 1.165) is 11.1 Å². The van der Waals surface area contributed by atoms with Crippen molar-refractivity contribution in [3.63, 3.8) is 0 Å². The third-order valence-electron chi connectivity index (χ3n) is 4.63. The van der Waals surface area contributed by atoms with Gasteiger partial charge in [-0.25, -0.2) is 9.18 Å². The number of aryl methyl sites for hydroxylation is 1. The summed E-state index contributed by atoms with van der Waals surface area (Å²) in [5.74, 6) is -1.03. The second kappa shape index (κ2) is 7.62. The molecule has 0 aliphatic carbocycles. The first-order chi connectivity index (χ1) is 13.4. The van der Waals surface area contributed by atoms with Crippen molar-refractivity contribution in [2.24, 2.45) is 5.16 Å². The Morgan fingerprint density at radius 2 is 1.83 bits per heavy atom. The fraction of sp³-hybridized carbons (Fsp3) is 0.364. The number of hydrogen-bond donors (Lipinski definition) is 0. The van der Waals surface area contributed by atoms with Crippen molar-refractivity contribution in [2.75, 3.05) is 0 Å². The van der Waals surface area contributed by atoms with Gasteiger partial charge in [-0.1, -0.05) is 34.4 Å². The molecule has 154 valence electrons. The van der Waals surface area contributed by atoms with Crippen LogP contribution in [0.4, 0.5) is 4.39 Å². The summed E-state index contributed by atoms with van der Waals surface area (Å²) in [5, 5.41) is 4.08. The highest BCUT2D eigenvalue weighted by Gasteiger charge is 2.37. The highest BCUT2D eigenvalue weighted by molar-refractivity contribution is 6.35. The number of esters is 1. The second-order valence-corrected chi connectivity index (χ2v) is 9.14. The van der Waals surface area contributed by atoms with Gasteiger partial charge < -0.3 is 9.57 Å². The maximum atomic E-state index is 13.7. The van der Waals surface area contributed by atoms with E-state index in [2.05, 4.69) is 5.16 Å². The average Bonchev–Trinajstić information content (AvgIpc) is 3.01. The van der Waals surface area contributed by atoms with Crippen LogP contribution in [0.3, 0.4) is 0 Å². The molecule has 0 unspecified atom stereocenters. The van der Waals surface area contributed by atoms with E-state index in [1.165, 1.54) is 12.1 Å². The van der Waals surface area contributed by atoms with Crippen LogP contribution in [0.5, 0.6) is 0 Å². The van der Waals surface area contributed by atoms with Crippen LogP contribution in [0.2, 0.25) is 10.0 Å². The van der Waals surface area contributed by atoms with Gasteiger partial charge in [0.1, 0.15) is 5.60 Å². The van der Waals surface area contributed by atoms with E-state index in [0.29, 0.717) is 23.3 Å². The van der Waals surface area contributed by atoms with E-state index in [-0.39, 0.29) is 16.0 Å². The molecule has 1 aliphatic rings. The summed E-state index contributed by atoms with van der Waals surface area (Å²) in [7, 11) is 0. The molecule has 0 bridgehead atoms. The number of rotatable bonds is 3. The smallest absolute Gasteiger partial charge is 0.338 e. The molecule has 4 nitrogen and oxygen atoms in total. The van der Waals surface area contributed by atoms with E-state index in [1.54, 1.807) is 6.07 Å². The summed E-state index contributed by atoms with van der Waals surface area (Å²) < 4.78 is 19.2. The number of hydrogen-bond acceptors (Lipinski definition) is 4. The first-order valence-corrected chi connectivity index (χ1v) is 9.90. The zero-order valence-electron chi connectivity index (χ0n) is 16.9. The number of ether oxygens (including phenoxy) is 1. The molecule has 2 aromatic carbocycles. The standard InChI is InChI=1S/C22H22Cl2FNO3/c1-12-8-13(6-7-15(12)20(27)28-21(2,3)4)18-11-22(5,29-26-18)14-9-16(23)19(25)17(24)10-14/h6-10H,11H2,1-5H3/t22-/m0/s1. The molecule has 2 aromatic rings. The summed E-state index contributed by atoms with van der Waals surface area (Å²) in [6, 6.07) is 8.40. The SMILES string of the molecule is Cc1cc(C2=NO[C@](C)(c3cc(Cl)c(F)c(Cl)c3)C2)ccc1C(=O)OC(C)(C)C. The van der Waals surface area contributed by atoms with Gasteiger partial charge in [-0.15, -0.1) is 0 Å². The summed E-state index contributed by atoms with van der Waals surface area (Å²) in [6.07, 6.45) is 0.441. The van der Waals surface area contributed by atoms with E-state index in [4.69, 9.17) is 32.8 Å². The lowest BCUT2D eigenvalue weighted by atomic mass is 9.88. The van der Waals surface area contributed by atoms with Crippen LogP contribution in [0.1, 0.15) is 61.2 Å². The lowest BCUT2D eigenvalue weighted by Gasteiger charge is -2.22. The molecule has 0 amide bonds. The molecule has 1 atom stereocenters. The van der Waals surface area contributed by atoms with Crippen molar-refractivity contribution in [1.29, 1.82) is 0 Å². The van der Waals surface area contributed by atoms with Crippen LogP contribution in [-0.2, 0) is 15.2 Å². The van der Waals surface area contributed by atoms with Gasteiger partial charge in [0, 0.05) is 12.0 Å². The Bertz CT molecular complexity index is 991. The highest BCUT2D eigenvalue weighted by atomic mass is 35.5. The van der Waals surface area contributed by atoms with Crippen molar-refractivity contribution < 1.29 is 18.8 Å². The largest absolute Gasteiger partial charge is 0.456 e. The van der Waals surface area contributed by atoms with Crippen LogP contribution < -0.4 is 0 Å². The summed E-state index contributed by atoms with van der Waals surface area (Å²) >= 11 is 11.9. The molecule has 0 saturated heterocycles. The van der Waals surface area contributed by atoms with E-state index < -0.39 is 17.0 Å². The highest BCUT2D eigenvalue weighted by Crippen LogP contribution is 2.39. The zero-order chi connectivity index (χ0) is 21.6. The lowest BCUT2D eigenvalue weighted by molar-refractivity contribution is -0.00743. The van der Waals surface area contributed by atoms with Crippen LogP contribution in [0, 0.1) is 12.7 Å². The molecule has 1 heterocycles. The summed E-state index contributed by atoms with van der Waals surface area (Å²) in [5.41, 5.74) is 2.07. The predicted molar refractivity (Wildman–Crippen MR) is 112 cm³/mol. The number of halogens is 3. The molecule has 0 aromatic heterocycles. The summed E-state index contributed by atoms with van der Waals surface area (Å²) in [6.45, 7) is 9.17. The molecule has 7 heteroatoms. The molecule has 0 saturated carbocycles. The topological polar surface area (TPSA) is 47.9 Å². The minimum absolute atomic E-state index is 0.0664. The minimum Gasteiger partial charge on any atom is -0.456 e. The van der Waals surface area contributed by atoms with E-state index in [1.807, 2.05) is 46.8 Å². The molecule has 29 heavy (non-hydrogen) atoms. The lowest BCUT2D eigenvalue weighted by Crippen LogP contribution is -2.24. The average molecular weight is 438 g/mol. The Morgan fingerprint density at radius 1 is 1.21 bits per heavy atom. The van der Waals surface area contributed by atoms with Crippen LogP contribution in [0.25, 0.3) is 0 Å². The number of benzene rings is 2. The molecule has 3 rings (SSSR count). The predicted octanol–water partition coefficient (Wildman–Crippen LogP) is 6.44. The quantitative estimate of drug-likeness (QED) is 0.410. The fourth-order valence-corrected chi connectivity index (χ4v) is 3.60. The third-order valence-corrected chi connectivity index (χ3v) is 5.19.